The van der Waals surface area contributed by atoms with Crippen molar-refractivity contribution < 1.29 is 5.31 Å². The Morgan fingerprint density at radius 3 is 2.54 bits per heavy atom. The summed E-state index contributed by atoms with van der Waals surface area (Å²) in [4.78, 5) is 0. The molecular weight excluding hydrogens is 390 g/mol. The molecule has 0 spiro atoms. The fraction of sp³-hybridized carbons (Fsp3) is 0.750. The number of allylic oxidation sites excluding steroid dienone is 1. The molecule has 0 aromatic rings. The summed E-state index contributed by atoms with van der Waals surface area (Å²) in [5, 5.41) is 0. The van der Waals surface area contributed by atoms with Gasteiger partial charge in [-0.2, -0.15) is 0 Å². The Labute approximate surface area is 112 Å². The minimum absolute atomic E-state index is 0.851. The predicted octanol–water partition coefficient (Wildman–Crippen LogP) is 2.00. The van der Waals surface area contributed by atoms with Crippen LogP contribution < -0.4 is 0 Å². The van der Waals surface area contributed by atoms with Gasteiger partial charge in [-0.15, -0.1) is 0 Å². The zero-order valence-corrected chi connectivity index (χ0v) is 15.6. The molecule has 0 aliphatic carbocycles. The van der Waals surface area contributed by atoms with Crippen LogP contribution in [0.2, 0.25) is 12.1 Å². The molecule has 0 aliphatic heterocycles. The molecule has 0 rings (SSSR count). The molecule has 71 valence electrons. The van der Waals surface area contributed by atoms with Gasteiger partial charge in [-0.25, -0.2) is 0 Å². The molecule has 0 fully saturated rings. The van der Waals surface area contributed by atoms with E-state index in [0.717, 1.165) is 59.8 Å². The van der Waals surface area contributed by atoms with Crippen LogP contribution in [0.1, 0.15) is 26.7 Å². The summed E-state index contributed by atoms with van der Waals surface area (Å²) < 4.78 is 11.4. The quantitative estimate of drug-likeness (QED) is 0.476. The van der Waals surface area contributed by atoms with Crippen LogP contribution in [-0.2, 0) is 5.31 Å². The van der Waals surface area contributed by atoms with Gasteiger partial charge in [-0.3, -0.25) is 0 Å². The zero-order chi connectivity index (χ0) is 10.3. The molecule has 1 unspecified atom stereocenters. The molecule has 0 amide bonds. The van der Waals surface area contributed by atoms with E-state index in [2.05, 4.69) is 20.4 Å². The zero-order valence-electron chi connectivity index (χ0n) is 8.43. The third kappa shape index (κ3) is 5.87. The summed E-state index contributed by atoms with van der Waals surface area (Å²) in [5.74, 6) is 0. The molecule has 0 heterocycles. The molecule has 5 heteroatoms. The van der Waals surface area contributed by atoms with Crippen LogP contribution in [0.5, 0.6) is 0 Å². The van der Waals surface area contributed by atoms with Crippen LogP contribution in [0.3, 0.4) is 0 Å². The van der Waals surface area contributed by atoms with E-state index in [4.69, 9.17) is 5.31 Å². The molecular formula is C8H16InO2SiSn. The third-order valence-electron chi connectivity index (χ3n) is 1.88. The summed E-state index contributed by atoms with van der Waals surface area (Å²) in [7, 11) is -1.83. The van der Waals surface area contributed by atoms with E-state index in [-0.39, 0.29) is 0 Å². The first-order valence-corrected chi connectivity index (χ1v) is 9.21. The summed E-state index contributed by atoms with van der Waals surface area (Å²) in [5.41, 5.74) is 1.19. The Morgan fingerprint density at radius 1 is 1.62 bits per heavy atom. The van der Waals surface area contributed by atoms with Crippen molar-refractivity contribution >= 4 is 56.3 Å². The normalized spacial score (nSPS) is 15.3. The molecule has 0 aromatic heterocycles. The van der Waals surface area contributed by atoms with Crippen molar-refractivity contribution in [2.45, 2.75) is 38.8 Å². The maximum absolute atomic E-state index is 5.71. The van der Waals surface area contributed by atoms with E-state index in [9.17, 15) is 0 Å². The van der Waals surface area contributed by atoms with Gasteiger partial charge in [0.25, 0.3) is 0 Å². The van der Waals surface area contributed by atoms with E-state index >= 15 is 0 Å². The molecule has 0 bridgehead atoms. The van der Waals surface area contributed by atoms with Crippen molar-refractivity contribution in [2.75, 3.05) is 0 Å². The molecule has 0 saturated carbocycles. The first-order valence-electron chi connectivity index (χ1n) is 4.47. The third-order valence-corrected chi connectivity index (χ3v) is 11.8. The molecule has 5 radical (unpaired) electrons. The van der Waals surface area contributed by atoms with E-state index in [0.29, 0.717) is 0 Å². The topological polar surface area (TPSA) is 18.5 Å². The fourth-order valence-electron chi connectivity index (χ4n) is 1.21. The molecule has 0 saturated heterocycles. The number of rotatable bonds is 7. The van der Waals surface area contributed by atoms with Gasteiger partial charge in [0, 0.05) is 0 Å². The van der Waals surface area contributed by atoms with Crippen molar-refractivity contribution in [3.8, 4) is 0 Å². The van der Waals surface area contributed by atoms with Gasteiger partial charge in [0.15, 0.2) is 0 Å². The standard InChI is InChI=1S/C8H16O2Si.In.Sn/c1-4-5-6-11(9,10)7-8(2)3;;/h2,4-7H2,1,3H3;;/q-2;2*+1. The maximum atomic E-state index is 5.71. The number of unbranched alkanes of at least 4 members (excludes halogenated alkanes) is 1. The van der Waals surface area contributed by atoms with Crippen LogP contribution in [0.4, 0.5) is 0 Å². The van der Waals surface area contributed by atoms with E-state index in [1.165, 1.54) is 18.4 Å². The van der Waals surface area contributed by atoms with Gasteiger partial charge in [0.1, 0.15) is 0 Å². The van der Waals surface area contributed by atoms with E-state index < -0.39 is 8.56 Å². The Morgan fingerprint density at radius 2 is 2.23 bits per heavy atom. The minimum atomic E-state index is -1.83. The summed E-state index contributed by atoms with van der Waals surface area (Å²) in [6, 6.07) is 2.10. The summed E-state index contributed by atoms with van der Waals surface area (Å²) in [6.45, 7) is 8.20. The second-order valence-corrected chi connectivity index (χ2v) is 10.2. The van der Waals surface area contributed by atoms with Crippen LogP contribution in [-0.4, -0.2) is 56.3 Å². The predicted molar refractivity (Wildman–Crippen MR) is 58.8 cm³/mol. The first-order chi connectivity index (χ1) is 6.10. The van der Waals surface area contributed by atoms with Crippen LogP contribution in [0, 0.1) is 0 Å². The molecule has 0 N–H and O–H groups in total. The Bertz CT molecular complexity index is 162. The number of hydrogen-bond donors (Lipinski definition) is 0. The summed E-state index contributed by atoms with van der Waals surface area (Å²) in [6.07, 6.45) is 2.43. The monoisotopic (exact) mass is 407 g/mol. The Hall–Kier alpha value is 1.55. The first kappa shape index (κ1) is 14.5. The average molecular weight is 406 g/mol. The van der Waals surface area contributed by atoms with E-state index in [1.807, 2.05) is 0 Å². The fourth-order valence-corrected chi connectivity index (χ4v) is 10.0. The van der Waals surface area contributed by atoms with Crippen molar-refractivity contribution in [2.24, 2.45) is 0 Å². The average Bonchev–Trinajstić information content (AvgIpc) is 2.12. The van der Waals surface area contributed by atoms with Gasteiger partial charge < -0.3 is 0 Å². The van der Waals surface area contributed by atoms with Gasteiger partial charge in [0.2, 0.25) is 0 Å². The van der Waals surface area contributed by atoms with Gasteiger partial charge >= 0.3 is 113 Å². The van der Waals surface area contributed by atoms with E-state index in [1.54, 1.807) is 0 Å². The van der Waals surface area contributed by atoms with Crippen LogP contribution >= 0.6 is 0 Å². The molecule has 2 nitrogen and oxygen atoms in total. The number of hydrogen-bond acceptors (Lipinski definition) is 2. The van der Waals surface area contributed by atoms with Crippen molar-refractivity contribution in [3.63, 3.8) is 0 Å². The summed E-state index contributed by atoms with van der Waals surface area (Å²) >= 11 is 1.99. The molecule has 0 aromatic carbocycles. The second-order valence-electron chi connectivity index (χ2n) is 3.37. The van der Waals surface area contributed by atoms with Gasteiger partial charge in [-0.1, -0.05) is 0 Å². The van der Waals surface area contributed by atoms with Gasteiger partial charge in [0.05, 0.1) is 0 Å². The van der Waals surface area contributed by atoms with Crippen LogP contribution in [0.25, 0.3) is 0 Å². The van der Waals surface area contributed by atoms with Gasteiger partial charge in [-0.05, 0) is 0 Å². The van der Waals surface area contributed by atoms with Crippen molar-refractivity contribution in [3.05, 3.63) is 12.2 Å². The van der Waals surface area contributed by atoms with Crippen molar-refractivity contribution in [1.82, 2.24) is 0 Å². The Balaban J connectivity index is 4.21. The van der Waals surface area contributed by atoms with Crippen molar-refractivity contribution in [1.29, 1.82) is 0 Å². The SMILES string of the molecule is C=C(C)C[Si](CCCC)([O][In])[O][Sn]. The molecule has 0 aliphatic rings. The van der Waals surface area contributed by atoms with Crippen LogP contribution in [0.15, 0.2) is 12.2 Å². The molecule has 1 atom stereocenters. The second kappa shape index (κ2) is 7.79. The molecule has 13 heavy (non-hydrogen) atoms. The Kier molecular flexibility index (Phi) is 8.71.